The number of hydrogen-bond donors (Lipinski definition) is 1. The molecule has 8 heteroatoms. The summed E-state index contributed by atoms with van der Waals surface area (Å²) >= 11 is 0. The first-order chi connectivity index (χ1) is 19.5. The van der Waals surface area contributed by atoms with Gasteiger partial charge in [-0.25, -0.2) is 4.98 Å². The predicted molar refractivity (Wildman–Crippen MR) is 153 cm³/mol. The van der Waals surface area contributed by atoms with Crippen LogP contribution in [-0.2, 0) is 11.3 Å². The highest BCUT2D eigenvalue weighted by Gasteiger charge is 2.47. The molecule has 0 unspecified atom stereocenters. The third kappa shape index (κ3) is 4.50. The van der Waals surface area contributed by atoms with E-state index < -0.39 is 18.1 Å². The number of hydrogen-bond acceptors (Lipinski definition) is 5. The molecule has 1 N–H and O–H groups in total. The Morgan fingerprint density at radius 1 is 0.800 bits per heavy atom. The highest BCUT2D eigenvalue weighted by molar-refractivity contribution is 5.78. The lowest BCUT2D eigenvalue weighted by atomic mass is 9.76. The van der Waals surface area contributed by atoms with Crippen LogP contribution in [-0.4, -0.2) is 48.2 Å². The number of aliphatic carboxylic acids is 1. The van der Waals surface area contributed by atoms with Crippen LogP contribution in [0.4, 0.5) is 0 Å². The quantitative estimate of drug-likeness (QED) is 0.496. The van der Waals surface area contributed by atoms with E-state index in [2.05, 4.69) is 4.90 Å². The Labute approximate surface area is 233 Å². The minimum Gasteiger partial charge on any atom is -0.480 e. The number of carboxylic acid groups (broad SMARTS) is 1. The largest absolute Gasteiger partial charge is 0.480 e. The fourth-order valence-corrected chi connectivity index (χ4v) is 8.81. The molecule has 7 rings (SSSR count). The molecule has 2 saturated carbocycles. The normalized spacial score (nSPS) is 30.3. The maximum Gasteiger partial charge on any atom is 0.323 e. The molecule has 2 aliphatic carbocycles. The summed E-state index contributed by atoms with van der Waals surface area (Å²) in [5.74, 6) is 0.626. The van der Waals surface area contributed by atoms with Gasteiger partial charge in [-0.2, -0.15) is 0 Å². The van der Waals surface area contributed by atoms with Crippen molar-refractivity contribution in [2.24, 2.45) is 11.8 Å². The van der Waals surface area contributed by atoms with Crippen molar-refractivity contribution in [1.82, 2.24) is 19.0 Å². The molecule has 0 radical (unpaired) electrons. The van der Waals surface area contributed by atoms with Gasteiger partial charge in [-0.3, -0.25) is 23.9 Å². The molecule has 2 saturated heterocycles. The van der Waals surface area contributed by atoms with E-state index in [4.69, 9.17) is 4.98 Å². The van der Waals surface area contributed by atoms with Crippen LogP contribution in [0, 0.1) is 11.8 Å². The SMILES string of the molecule is O=C(O)Cn1c(-c2nc3ccccc3n([C@@H]3C[C@H]4CC[C@@H](C3)N4[C@@H]3C[C@@H]4CCCC[C@@H](C4)C3)c2=O)cccc1=O. The Kier molecular flexibility index (Phi) is 6.61. The van der Waals surface area contributed by atoms with E-state index in [0.717, 1.165) is 34.8 Å². The van der Waals surface area contributed by atoms with Crippen molar-refractivity contribution in [3.63, 3.8) is 0 Å². The second-order valence-corrected chi connectivity index (χ2v) is 12.7. The van der Waals surface area contributed by atoms with Crippen LogP contribution in [0.5, 0.6) is 0 Å². The van der Waals surface area contributed by atoms with Gasteiger partial charge in [0.1, 0.15) is 6.54 Å². The Bertz CT molecular complexity index is 1530. The molecule has 210 valence electrons. The van der Waals surface area contributed by atoms with Gasteiger partial charge in [0, 0.05) is 30.2 Å². The van der Waals surface area contributed by atoms with Crippen LogP contribution in [0.1, 0.15) is 76.7 Å². The first-order valence-electron chi connectivity index (χ1n) is 15.2. The second-order valence-electron chi connectivity index (χ2n) is 12.7. The van der Waals surface area contributed by atoms with Gasteiger partial charge in [-0.05, 0) is 75.0 Å². The van der Waals surface area contributed by atoms with Crippen LogP contribution < -0.4 is 11.1 Å². The van der Waals surface area contributed by atoms with Crippen molar-refractivity contribution < 1.29 is 9.90 Å². The van der Waals surface area contributed by atoms with Gasteiger partial charge in [0.2, 0.25) is 0 Å². The summed E-state index contributed by atoms with van der Waals surface area (Å²) in [6.07, 6.45) is 13.9. The van der Waals surface area contributed by atoms with E-state index in [1.54, 1.807) is 12.1 Å². The van der Waals surface area contributed by atoms with Crippen LogP contribution in [0.3, 0.4) is 0 Å². The molecule has 4 heterocycles. The smallest absolute Gasteiger partial charge is 0.323 e. The summed E-state index contributed by atoms with van der Waals surface area (Å²) in [6, 6.07) is 13.9. The molecular weight excluding hydrogens is 504 g/mol. The Morgan fingerprint density at radius 2 is 1.50 bits per heavy atom. The van der Waals surface area contributed by atoms with E-state index in [9.17, 15) is 19.5 Å². The first kappa shape index (κ1) is 25.7. The Balaban J connectivity index is 1.26. The molecule has 8 nitrogen and oxygen atoms in total. The van der Waals surface area contributed by atoms with Gasteiger partial charge < -0.3 is 9.67 Å². The molecule has 0 amide bonds. The molecule has 1 aromatic carbocycles. The molecule has 2 aliphatic heterocycles. The van der Waals surface area contributed by atoms with Gasteiger partial charge in [0.15, 0.2) is 5.69 Å². The highest BCUT2D eigenvalue weighted by Crippen LogP contribution is 2.48. The molecule has 4 bridgehead atoms. The van der Waals surface area contributed by atoms with Crippen LogP contribution >= 0.6 is 0 Å². The van der Waals surface area contributed by atoms with Gasteiger partial charge in [0.25, 0.3) is 11.1 Å². The highest BCUT2D eigenvalue weighted by atomic mass is 16.4. The maximum atomic E-state index is 14.2. The average molecular weight is 543 g/mol. The van der Waals surface area contributed by atoms with Crippen LogP contribution in [0.25, 0.3) is 22.4 Å². The van der Waals surface area contributed by atoms with Crippen molar-refractivity contribution in [2.75, 3.05) is 0 Å². The molecule has 4 fully saturated rings. The minimum absolute atomic E-state index is 0.0436. The number of pyridine rings is 1. The minimum atomic E-state index is -1.14. The maximum absolute atomic E-state index is 14.2. The van der Waals surface area contributed by atoms with Gasteiger partial charge in [0.05, 0.1) is 16.7 Å². The van der Waals surface area contributed by atoms with E-state index in [1.165, 1.54) is 63.9 Å². The van der Waals surface area contributed by atoms with Crippen molar-refractivity contribution >= 4 is 17.0 Å². The van der Waals surface area contributed by atoms with E-state index >= 15 is 0 Å². The number of fused-ring (bicyclic) bond motifs is 5. The molecular formula is C32H38N4O4. The lowest BCUT2D eigenvalue weighted by Crippen LogP contribution is -2.52. The standard InChI is InChI=1S/C32H38N4O4/c37-29-11-5-10-28(34(29)19-30(38)39)31-32(40)36(27-9-4-3-8-26(27)33-31)25-17-22-12-13-23(18-25)35(22)24-15-20-6-1-2-7-21(14-20)16-24/h3-5,8-11,20-25H,1-2,6-7,12-19H2,(H,38,39)/t20-,21+,22-,23+,24-,25-. The van der Waals surface area contributed by atoms with Gasteiger partial charge in [-0.15, -0.1) is 0 Å². The topological polar surface area (TPSA) is 97.4 Å². The number of para-hydroxylation sites is 2. The summed E-state index contributed by atoms with van der Waals surface area (Å²) in [5.41, 5.74) is 1.18. The van der Waals surface area contributed by atoms with Crippen molar-refractivity contribution in [2.45, 2.75) is 101 Å². The molecule has 2 aromatic heterocycles. The Hall–Kier alpha value is -3.26. The third-order valence-corrected chi connectivity index (χ3v) is 10.3. The van der Waals surface area contributed by atoms with Gasteiger partial charge in [-0.1, -0.05) is 43.9 Å². The summed E-state index contributed by atoms with van der Waals surface area (Å²) in [4.78, 5) is 46.0. The lowest BCUT2D eigenvalue weighted by Gasteiger charge is -2.48. The number of benzene rings is 1. The summed E-state index contributed by atoms with van der Waals surface area (Å²) in [7, 11) is 0. The Morgan fingerprint density at radius 3 is 2.20 bits per heavy atom. The zero-order valence-electron chi connectivity index (χ0n) is 23.0. The molecule has 4 aliphatic rings. The van der Waals surface area contributed by atoms with Gasteiger partial charge >= 0.3 is 5.97 Å². The van der Waals surface area contributed by atoms with E-state index in [1.807, 2.05) is 28.8 Å². The number of nitrogens with zero attached hydrogens (tertiary/aromatic N) is 4. The fraction of sp³-hybridized carbons (Fsp3) is 0.562. The number of carboxylic acids is 1. The molecule has 3 aromatic rings. The number of rotatable bonds is 5. The fourth-order valence-electron chi connectivity index (χ4n) is 8.81. The number of carbonyl (C=O) groups is 1. The van der Waals surface area contributed by atoms with Crippen molar-refractivity contribution in [1.29, 1.82) is 0 Å². The summed E-state index contributed by atoms with van der Waals surface area (Å²) in [6.45, 7) is -0.519. The number of piperidine rings is 1. The second kappa shape index (κ2) is 10.3. The van der Waals surface area contributed by atoms with Crippen molar-refractivity contribution in [3.8, 4) is 11.4 Å². The molecule has 0 spiro atoms. The van der Waals surface area contributed by atoms with E-state index in [-0.39, 0.29) is 23.0 Å². The predicted octanol–water partition coefficient (Wildman–Crippen LogP) is 4.84. The zero-order valence-corrected chi connectivity index (χ0v) is 23.0. The zero-order chi connectivity index (χ0) is 27.4. The average Bonchev–Trinajstić information content (AvgIpc) is 3.09. The van der Waals surface area contributed by atoms with Crippen LogP contribution in [0.15, 0.2) is 52.1 Å². The van der Waals surface area contributed by atoms with E-state index in [0.29, 0.717) is 23.6 Å². The van der Waals surface area contributed by atoms with Crippen molar-refractivity contribution in [3.05, 3.63) is 63.2 Å². The third-order valence-electron chi connectivity index (χ3n) is 10.3. The monoisotopic (exact) mass is 542 g/mol. The summed E-state index contributed by atoms with van der Waals surface area (Å²) in [5, 5.41) is 9.46. The number of aromatic nitrogens is 3. The summed E-state index contributed by atoms with van der Waals surface area (Å²) < 4.78 is 3.06. The molecule has 40 heavy (non-hydrogen) atoms. The van der Waals surface area contributed by atoms with Crippen LogP contribution in [0.2, 0.25) is 0 Å². The lowest BCUT2D eigenvalue weighted by molar-refractivity contribution is -0.137. The molecule has 6 atom stereocenters. The first-order valence-corrected chi connectivity index (χ1v) is 15.2.